The lowest BCUT2D eigenvalue weighted by Gasteiger charge is -2.05. The second-order valence-corrected chi connectivity index (χ2v) is 8.93. The summed E-state index contributed by atoms with van der Waals surface area (Å²) in [7, 11) is -3.77. The van der Waals surface area contributed by atoms with Crippen molar-refractivity contribution >= 4 is 49.7 Å². The van der Waals surface area contributed by atoms with E-state index in [0.717, 1.165) is 16.9 Å². The minimum atomic E-state index is -3.77. The first-order valence-electron chi connectivity index (χ1n) is 7.88. The van der Waals surface area contributed by atoms with Gasteiger partial charge in [-0.2, -0.15) is 0 Å². The molecule has 0 fully saturated rings. The molecule has 1 amide bonds. The highest BCUT2D eigenvalue weighted by Gasteiger charge is 2.20. The normalized spacial score (nSPS) is 11.2. The highest BCUT2D eigenvalue weighted by molar-refractivity contribution is 7.93. The molecule has 0 spiro atoms. The molecule has 0 radical (unpaired) electrons. The molecule has 2 N–H and O–H groups in total. The van der Waals surface area contributed by atoms with Crippen molar-refractivity contribution < 1.29 is 13.2 Å². The van der Waals surface area contributed by atoms with E-state index in [4.69, 9.17) is 11.6 Å². The summed E-state index contributed by atoms with van der Waals surface area (Å²) in [5.74, 6) is -0.381. The Hall–Kier alpha value is -2.42. The van der Waals surface area contributed by atoms with Gasteiger partial charge >= 0.3 is 0 Å². The molecule has 0 saturated heterocycles. The van der Waals surface area contributed by atoms with Crippen LogP contribution in [0.4, 0.5) is 10.8 Å². The second-order valence-electron chi connectivity index (χ2n) is 5.82. The maximum Gasteiger partial charge on any atom is 0.267 e. The Kier molecular flexibility index (Phi) is 5.50. The lowest BCUT2D eigenvalue weighted by Crippen LogP contribution is -2.12. The lowest BCUT2D eigenvalue weighted by atomic mass is 10.2. The second kappa shape index (κ2) is 7.67. The Morgan fingerprint density at radius 3 is 2.48 bits per heavy atom. The molecule has 3 rings (SSSR count). The van der Waals surface area contributed by atoms with E-state index in [2.05, 4.69) is 15.0 Å². The number of aryl methyl sites for hydroxylation is 2. The van der Waals surface area contributed by atoms with Crippen molar-refractivity contribution in [2.45, 2.75) is 18.7 Å². The summed E-state index contributed by atoms with van der Waals surface area (Å²) in [5.41, 5.74) is 1.93. The number of aromatic nitrogens is 1. The van der Waals surface area contributed by atoms with E-state index >= 15 is 0 Å². The summed E-state index contributed by atoms with van der Waals surface area (Å²) >= 11 is 6.88. The largest absolute Gasteiger partial charge is 0.321 e. The molecule has 1 aromatic heterocycles. The first-order valence-corrected chi connectivity index (χ1v) is 10.6. The average molecular weight is 422 g/mol. The summed E-state index contributed by atoms with van der Waals surface area (Å²) in [4.78, 5) is 17.1. The monoisotopic (exact) mass is 421 g/mol. The predicted octanol–water partition coefficient (Wildman–Crippen LogP) is 4.47. The lowest BCUT2D eigenvalue weighted by molar-refractivity contribution is 0.103. The van der Waals surface area contributed by atoms with Crippen LogP contribution in [0.5, 0.6) is 0 Å². The fraction of sp³-hybridized carbons (Fsp3) is 0.111. The topological polar surface area (TPSA) is 88.2 Å². The zero-order chi connectivity index (χ0) is 19.6. The molecule has 0 atom stereocenters. The molecule has 140 valence electrons. The van der Waals surface area contributed by atoms with Gasteiger partial charge < -0.3 is 5.32 Å². The molecule has 27 heavy (non-hydrogen) atoms. The standard InChI is InChI=1S/C18H16ClN3O3S2/c1-11-6-8-15(9-7-11)27(24,25)22-18-20-12(2)16(26-18)17(23)21-14-5-3-4-13(19)10-14/h3-10H,1-2H3,(H,20,22)(H,21,23). The fourth-order valence-corrected chi connectivity index (χ4v) is 4.58. The van der Waals surface area contributed by atoms with Gasteiger partial charge in [-0.15, -0.1) is 0 Å². The van der Waals surface area contributed by atoms with Crippen molar-refractivity contribution in [3.63, 3.8) is 0 Å². The first kappa shape index (κ1) is 19.3. The van der Waals surface area contributed by atoms with Crippen LogP contribution in [0.2, 0.25) is 5.02 Å². The Bertz CT molecular complexity index is 1090. The van der Waals surface area contributed by atoms with Gasteiger partial charge in [-0.25, -0.2) is 13.4 Å². The maximum absolute atomic E-state index is 12.5. The zero-order valence-electron chi connectivity index (χ0n) is 14.5. The van der Waals surface area contributed by atoms with Crippen molar-refractivity contribution in [1.29, 1.82) is 0 Å². The summed E-state index contributed by atoms with van der Waals surface area (Å²) in [6.07, 6.45) is 0. The van der Waals surface area contributed by atoms with E-state index in [9.17, 15) is 13.2 Å². The molecule has 3 aromatic rings. The Labute approximate surface area is 166 Å². The number of carbonyl (C=O) groups excluding carboxylic acids is 1. The van der Waals surface area contributed by atoms with Crippen molar-refractivity contribution in [1.82, 2.24) is 4.98 Å². The van der Waals surface area contributed by atoms with Gasteiger partial charge in [-0.05, 0) is 44.2 Å². The van der Waals surface area contributed by atoms with Gasteiger partial charge in [0, 0.05) is 10.7 Å². The van der Waals surface area contributed by atoms with Gasteiger partial charge in [0.2, 0.25) is 0 Å². The Morgan fingerprint density at radius 1 is 1.11 bits per heavy atom. The van der Waals surface area contributed by atoms with Crippen LogP contribution in [0.25, 0.3) is 0 Å². The number of nitrogens with zero attached hydrogens (tertiary/aromatic N) is 1. The molecule has 0 bridgehead atoms. The van der Waals surface area contributed by atoms with Crippen LogP contribution in [0.15, 0.2) is 53.4 Å². The Balaban J connectivity index is 1.79. The molecule has 0 aliphatic heterocycles. The molecule has 6 nitrogen and oxygen atoms in total. The quantitative estimate of drug-likeness (QED) is 0.636. The summed E-state index contributed by atoms with van der Waals surface area (Å²) in [6.45, 7) is 3.52. The van der Waals surface area contributed by atoms with Crippen molar-refractivity contribution in [3.8, 4) is 0 Å². The molecular weight excluding hydrogens is 406 g/mol. The van der Waals surface area contributed by atoms with E-state index in [1.165, 1.54) is 12.1 Å². The van der Waals surface area contributed by atoms with Gasteiger partial charge in [0.25, 0.3) is 15.9 Å². The van der Waals surface area contributed by atoms with E-state index in [1.807, 2.05) is 6.92 Å². The molecule has 1 heterocycles. The number of hydrogen-bond acceptors (Lipinski definition) is 5. The van der Waals surface area contributed by atoms with Gasteiger partial charge in [-0.1, -0.05) is 46.7 Å². The van der Waals surface area contributed by atoms with E-state index in [1.54, 1.807) is 43.3 Å². The first-order chi connectivity index (χ1) is 12.7. The average Bonchev–Trinajstić information content (AvgIpc) is 2.95. The van der Waals surface area contributed by atoms with Crippen LogP contribution in [0.3, 0.4) is 0 Å². The molecule has 0 saturated carbocycles. The van der Waals surface area contributed by atoms with Crippen LogP contribution in [0, 0.1) is 13.8 Å². The summed E-state index contributed by atoms with van der Waals surface area (Å²) in [5, 5.41) is 3.35. The number of halogens is 1. The van der Waals surface area contributed by atoms with Crippen molar-refractivity contribution in [2.24, 2.45) is 0 Å². The van der Waals surface area contributed by atoms with E-state index in [-0.39, 0.29) is 15.9 Å². The van der Waals surface area contributed by atoms with E-state index in [0.29, 0.717) is 21.3 Å². The van der Waals surface area contributed by atoms with Crippen LogP contribution in [0.1, 0.15) is 20.9 Å². The molecule has 0 aliphatic carbocycles. The molecule has 9 heteroatoms. The SMILES string of the molecule is Cc1ccc(S(=O)(=O)Nc2nc(C)c(C(=O)Nc3cccc(Cl)c3)s2)cc1. The highest BCUT2D eigenvalue weighted by atomic mass is 35.5. The van der Waals surface area contributed by atoms with Gasteiger partial charge in [0.1, 0.15) is 4.88 Å². The molecular formula is C18H16ClN3O3S2. The number of nitrogens with one attached hydrogen (secondary N) is 2. The third-order valence-electron chi connectivity index (χ3n) is 3.64. The van der Waals surface area contributed by atoms with Crippen LogP contribution < -0.4 is 10.0 Å². The third kappa shape index (κ3) is 4.65. The predicted molar refractivity (Wildman–Crippen MR) is 108 cm³/mol. The smallest absolute Gasteiger partial charge is 0.267 e. The molecule has 0 aliphatic rings. The van der Waals surface area contributed by atoms with Crippen molar-refractivity contribution in [2.75, 3.05) is 10.0 Å². The molecule has 2 aromatic carbocycles. The Morgan fingerprint density at radius 2 is 1.81 bits per heavy atom. The van der Waals surface area contributed by atoms with Crippen molar-refractivity contribution in [3.05, 3.63) is 69.7 Å². The number of benzene rings is 2. The number of amides is 1. The molecule has 0 unspecified atom stereocenters. The number of thiazole rings is 1. The minimum Gasteiger partial charge on any atom is -0.321 e. The number of sulfonamides is 1. The third-order valence-corrected chi connectivity index (χ3v) is 6.43. The fourth-order valence-electron chi connectivity index (χ4n) is 2.30. The maximum atomic E-state index is 12.5. The number of rotatable bonds is 5. The highest BCUT2D eigenvalue weighted by Crippen LogP contribution is 2.26. The van der Waals surface area contributed by atoms with Crippen LogP contribution in [-0.4, -0.2) is 19.3 Å². The zero-order valence-corrected chi connectivity index (χ0v) is 16.9. The van der Waals surface area contributed by atoms with Gasteiger partial charge in [0.15, 0.2) is 5.13 Å². The minimum absolute atomic E-state index is 0.129. The summed E-state index contributed by atoms with van der Waals surface area (Å²) in [6, 6.07) is 13.2. The van der Waals surface area contributed by atoms with Crippen LogP contribution in [-0.2, 0) is 10.0 Å². The van der Waals surface area contributed by atoms with Crippen LogP contribution >= 0.6 is 22.9 Å². The van der Waals surface area contributed by atoms with E-state index < -0.39 is 10.0 Å². The van der Waals surface area contributed by atoms with Gasteiger partial charge in [0.05, 0.1) is 10.6 Å². The van der Waals surface area contributed by atoms with Gasteiger partial charge in [-0.3, -0.25) is 9.52 Å². The number of hydrogen-bond donors (Lipinski definition) is 2. The number of anilines is 2. The number of carbonyl (C=O) groups is 1. The summed E-state index contributed by atoms with van der Waals surface area (Å²) < 4.78 is 27.4.